The van der Waals surface area contributed by atoms with Gasteiger partial charge in [0.05, 0.1) is 17.3 Å². The van der Waals surface area contributed by atoms with Gasteiger partial charge in [0.15, 0.2) is 16.5 Å². The summed E-state index contributed by atoms with van der Waals surface area (Å²) in [5.74, 6) is 0.827. The quantitative estimate of drug-likeness (QED) is 0.672. The largest absolute Gasteiger partial charge is 0.466 e. The van der Waals surface area contributed by atoms with Gasteiger partial charge in [-0.3, -0.25) is 9.89 Å². The third-order valence-electron chi connectivity index (χ3n) is 2.43. The number of aromatic amines is 1. The van der Waals surface area contributed by atoms with E-state index in [4.69, 9.17) is 10.2 Å². The normalized spacial score (nSPS) is 11.0. The molecule has 3 aromatic heterocycles. The molecule has 3 rings (SSSR count). The number of amides is 1. The summed E-state index contributed by atoms with van der Waals surface area (Å²) in [5.41, 5.74) is 5.73. The number of hydrogen-bond acceptors (Lipinski definition) is 6. The molecular formula is C10H8BrN5O2S. The van der Waals surface area contributed by atoms with Gasteiger partial charge in [-0.15, -0.1) is 11.3 Å². The van der Waals surface area contributed by atoms with Gasteiger partial charge in [0.2, 0.25) is 0 Å². The zero-order valence-electron chi connectivity index (χ0n) is 9.44. The molecule has 98 valence electrons. The van der Waals surface area contributed by atoms with E-state index in [2.05, 4.69) is 36.4 Å². The van der Waals surface area contributed by atoms with E-state index in [1.807, 2.05) is 6.07 Å². The van der Waals surface area contributed by atoms with Gasteiger partial charge < -0.3 is 15.5 Å². The number of aromatic nitrogens is 3. The number of carbonyl (C=O) groups excluding carboxylic acids is 1. The van der Waals surface area contributed by atoms with E-state index < -0.39 is 5.91 Å². The van der Waals surface area contributed by atoms with E-state index in [1.165, 1.54) is 11.3 Å². The molecule has 0 unspecified atom stereocenters. The highest BCUT2D eigenvalue weighted by Crippen LogP contribution is 2.28. The summed E-state index contributed by atoms with van der Waals surface area (Å²) in [5, 5.41) is 10.2. The molecule has 0 atom stereocenters. The second-order valence-electron chi connectivity index (χ2n) is 3.68. The number of fused-ring (bicyclic) bond motifs is 1. The number of H-pyrrole nitrogens is 1. The molecule has 7 nitrogen and oxygen atoms in total. The van der Waals surface area contributed by atoms with Crippen LogP contribution in [0.4, 0.5) is 5.82 Å². The number of thiazole rings is 1. The van der Waals surface area contributed by atoms with Gasteiger partial charge in [-0.1, -0.05) is 0 Å². The molecule has 4 N–H and O–H groups in total. The standard InChI is InChI=1S/C10H8BrN5O2S/c11-4-1-2-18-5(4)3-13-8-6-9(16-15-8)14-10(19-6)7(12)17/h1-2H,3H2,(H2,12,17)(H2,13,15,16). The summed E-state index contributed by atoms with van der Waals surface area (Å²) in [7, 11) is 0. The SMILES string of the molecule is NC(=O)c1nc2[nH]nc(NCc3occc3Br)c2s1. The Morgan fingerprint density at radius 3 is 3.16 bits per heavy atom. The highest BCUT2D eigenvalue weighted by atomic mass is 79.9. The van der Waals surface area contributed by atoms with Crippen molar-refractivity contribution < 1.29 is 9.21 Å². The van der Waals surface area contributed by atoms with Gasteiger partial charge in [0.1, 0.15) is 10.5 Å². The molecule has 19 heavy (non-hydrogen) atoms. The predicted molar refractivity (Wildman–Crippen MR) is 74.0 cm³/mol. The summed E-state index contributed by atoms with van der Waals surface area (Å²) in [6, 6.07) is 1.81. The van der Waals surface area contributed by atoms with Crippen LogP contribution in [0.15, 0.2) is 21.2 Å². The Morgan fingerprint density at radius 2 is 2.47 bits per heavy atom. The van der Waals surface area contributed by atoms with Crippen molar-refractivity contribution in [3.05, 3.63) is 27.6 Å². The Morgan fingerprint density at radius 1 is 1.63 bits per heavy atom. The van der Waals surface area contributed by atoms with Crippen LogP contribution in [0.25, 0.3) is 10.3 Å². The van der Waals surface area contributed by atoms with Crippen molar-refractivity contribution in [2.45, 2.75) is 6.54 Å². The number of halogens is 1. The van der Waals surface area contributed by atoms with Crippen LogP contribution in [0.2, 0.25) is 0 Å². The first kappa shape index (κ1) is 12.2. The van der Waals surface area contributed by atoms with Gasteiger partial charge in [0.25, 0.3) is 5.91 Å². The molecule has 0 aliphatic carbocycles. The minimum Gasteiger partial charge on any atom is -0.466 e. The molecule has 0 fully saturated rings. The summed E-state index contributed by atoms with van der Waals surface area (Å²) in [6.45, 7) is 0.470. The van der Waals surface area contributed by atoms with Crippen LogP contribution < -0.4 is 11.1 Å². The van der Waals surface area contributed by atoms with E-state index in [0.717, 1.165) is 14.9 Å². The fraction of sp³-hybridized carbons (Fsp3) is 0.100. The molecule has 0 aliphatic heterocycles. The highest BCUT2D eigenvalue weighted by molar-refractivity contribution is 9.10. The van der Waals surface area contributed by atoms with E-state index in [0.29, 0.717) is 18.0 Å². The Labute approximate surface area is 119 Å². The van der Waals surface area contributed by atoms with Crippen LogP contribution in [-0.4, -0.2) is 21.1 Å². The number of rotatable bonds is 4. The van der Waals surface area contributed by atoms with E-state index >= 15 is 0 Å². The highest BCUT2D eigenvalue weighted by Gasteiger charge is 2.15. The van der Waals surface area contributed by atoms with Crippen molar-refractivity contribution in [1.82, 2.24) is 15.2 Å². The minimum atomic E-state index is -0.547. The molecule has 3 heterocycles. The van der Waals surface area contributed by atoms with Gasteiger partial charge in [0, 0.05) is 0 Å². The molecule has 0 bridgehead atoms. The second kappa shape index (κ2) is 4.67. The lowest BCUT2D eigenvalue weighted by molar-refractivity contribution is 0.1000. The lowest BCUT2D eigenvalue weighted by Crippen LogP contribution is -2.10. The number of furan rings is 1. The number of nitrogens with one attached hydrogen (secondary N) is 2. The van der Waals surface area contributed by atoms with Gasteiger partial charge >= 0.3 is 0 Å². The van der Waals surface area contributed by atoms with Crippen molar-refractivity contribution in [3.63, 3.8) is 0 Å². The Kier molecular flexibility index (Phi) is 2.99. The average Bonchev–Trinajstić information content (AvgIpc) is 3.02. The maximum absolute atomic E-state index is 11.1. The molecule has 3 aromatic rings. The average molecular weight is 342 g/mol. The van der Waals surface area contributed by atoms with Gasteiger partial charge in [-0.05, 0) is 22.0 Å². The van der Waals surface area contributed by atoms with Crippen LogP contribution in [-0.2, 0) is 6.54 Å². The van der Waals surface area contributed by atoms with Crippen molar-refractivity contribution in [2.24, 2.45) is 5.73 Å². The Bertz CT molecular complexity index is 746. The third kappa shape index (κ3) is 2.22. The molecule has 0 saturated carbocycles. The fourth-order valence-corrected chi connectivity index (χ4v) is 2.73. The van der Waals surface area contributed by atoms with Crippen molar-refractivity contribution in [1.29, 1.82) is 0 Å². The maximum atomic E-state index is 11.1. The molecule has 9 heteroatoms. The summed E-state index contributed by atoms with van der Waals surface area (Å²) in [6.07, 6.45) is 1.60. The predicted octanol–water partition coefficient (Wildman–Crippen LogP) is 2.09. The number of nitrogens with two attached hydrogens (primary N) is 1. The van der Waals surface area contributed by atoms with Crippen molar-refractivity contribution in [2.75, 3.05) is 5.32 Å². The van der Waals surface area contributed by atoms with E-state index in [-0.39, 0.29) is 5.01 Å². The molecule has 0 aliphatic rings. The second-order valence-corrected chi connectivity index (χ2v) is 5.53. The van der Waals surface area contributed by atoms with E-state index in [1.54, 1.807) is 6.26 Å². The number of hydrogen-bond donors (Lipinski definition) is 3. The van der Waals surface area contributed by atoms with E-state index in [9.17, 15) is 4.79 Å². The molecule has 0 spiro atoms. The van der Waals surface area contributed by atoms with Crippen LogP contribution in [0.5, 0.6) is 0 Å². The first-order chi connectivity index (χ1) is 9.15. The van der Waals surface area contributed by atoms with Crippen LogP contribution in [0.1, 0.15) is 15.6 Å². The zero-order chi connectivity index (χ0) is 13.4. The number of carbonyl (C=O) groups is 1. The zero-order valence-corrected chi connectivity index (χ0v) is 11.8. The molecular weight excluding hydrogens is 334 g/mol. The Hall–Kier alpha value is -1.87. The lowest BCUT2D eigenvalue weighted by atomic mass is 10.4. The molecule has 0 saturated heterocycles. The van der Waals surface area contributed by atoms with Crippen LogP contribution >= 0.6 is 27.3 Å². The summed E-state index contributed by atoms with van der Waals surface area (Å²) < 4.78 is 6.93. The number of nitrogens with zero attached hydrogens (tertiary/aromatic N) is 2. The van der Waals surface area contributed by atoms with Crippen LogP contribution in [0, 0.1) is 0 Å². The topological polar surface area (TPSA) is 110 Å². The monoisotopic (exact) mass is 341 g/mol. The van der Waals surface area contributed by atoms with Crippen molar-refractivity contribution >= 4 is 49.3 Å². The minimum absolute atomic E-state index is 0.255. The number of primary amides is 1. The summed E-state index contributed by atoms with van der Waals surface area (Å²) in [4.78, 5) is 15.1. The first-order valence-corrected chi connectivity index (χ1v) is 6.86. The Balaban J connectivity index is 1.85. The molecule has 1 amide bonds. The smallest absolute Gasteiger partial charge is 0.277 e. The third-order valence-corrected chi connectivity index (χ3v) is 4.22. The molecule has 0 radical (unpaired) electrons. The van der Waals surface area contributed by atoms with Gasteiger partial charge in [-0.2, -0.15) is 5.10 Å². The molecule has 0 aromatic carbocycles. The van der Waals surface area contributed by atoms with Gasteiger partial charge in [-0.25, -0.2) is 4.98 Å². The maximum Gasteiger partial charge on any atom is 0.277 e. The fourth-order valence-electron chi connectivity index (χ4n) is 1.56. The van der Waals surface area contributed by atoms with Crippen molar-refractivity contribution in [3.8, 4) is 0 Å². The summed E-state index contributed by atoms with van der Waals surface area (Å²) >= 11 is 4.57. The first-order valence-electron chi connectivity index (χ1n) is 5.25. The number of anilines is 1. The lowest BCUT2D eigenvalue weighted by Gasteiger charge is -2.00. The van der Waals surface area contributed by atoms with Crippen LogP contribution in [0.3, 0.4) is 0 Å².